The summed E-state index contributed by atoms with van der Waals surface area (Å²) in [6, 6.07) is 5.16. The molecule has 0 saturated heterocycles. The van der Waals surface area contributed by atoms with E-state index in [9.17, 15) is 9.59 Å². The third kappa shape index (κ3) is 4.91. The maximum atomic E-state index is 11.9. The average molecular weight is 325 g/mol. The van der Waals surface area contributed by atoms with Crippen molar-refractivity contribution in [3.05, 3.63) is 23.2 Å². The Morgan fingerprint density at radius 2 is 1.95 bits per heavy atom. The number of rotatable bonds is 5. The van der Waals surface area contributed by atoms with Crippen LogP contribution in [0.3, 0.4) is 0 Å². The summed E-state index contributed by atoms with van der Waals surface area (Å²) >= 11 is 5.99. The third-order valence-corrected chi connectivity index (χ3v) is 4.02. The van der Waals surface area contributed by atoms with Crippen molar-refractivity contribution < 1.29 is 14.3 Å². The van der Waals surface area contributed by atoms with Crippen molar-refractivity contribution in [3.63, 3.8) is 0 Å². The van der Waals surface area contributed by atoms with Crippen molar-refractivity contribution in [3.8, 4) is 5.75 Å². The van der Waals surface area contributed by atoms with Crippen LogP contribution in [0.4, 0.5) is 5.69 Å². The third-order valence-electron chi connectivity index (χ3n) is 3.73. The van der Waals surface area contributed by atoms with Crippen LogP contribution in [0, 0.1) is 0 Å². The molecule has 1 saturated carbocycles. The van der Waals surface area contributed by atoms with Crippen molar-refractivity contribution >= 4 is 29.1 Å². The topological polar surface area (TPSA) is 67.4 Å². The van der Waals surface area contributed by atoms with Crippen LogP contribution in [0.1, 0.15) is 38.5 Å². The van der Waals surface area contributed by atoms with E-state index in [1.807, 2.05) is 0 Å². The molecule has 0 aliphatic heterocycles. The maximum Gasteiger partial charge on any atom is 0.233 e. The van der Waals surface area contributed by atoms with Crippen LogP contribution >= 0.6 is 11.6 Å². The lowest BCUT2D eigenvalue weighted by Gasteiger charge is -2.22. The van der Waals surface area contributed by atoms with Gasteiger partial charge in [0.25, 0.3) is 0 Å². The van der Waals surface area contributed by atoms with Crippen LogP contribution in [0.5, 0.6) is 5.75 Å². The lowest BCUT2D eigenvalue weighted by atomic mass is 9.95. The molecule has 1 aliphatic rings. The van der Waals surface area contributed by atoms with Gasteiger partial charge in [0, 0.05) is 11.7 Å². The molecule has 22 heavy (non-hydrogen) atoms. The summed E-state index contributed by atoms with van der Waals surface area (Å²) in [4.78, 5) is 23.7. The highest BCUT2D eigenvalue weighted by atomic mass is 35.5. The molecular formula is C16H21ClN2O3. The Morgan fingerprint density at radius 3 is 2.59 bits per heavy atom. The second-order valence-corrected chi connectivity index (χ2v) is 5.88. The molecule has 1 aromatic rings. The van der Waals surface area contributed by atoms with E-state index in [1.54, 1.807) is 18.2 Å². The van der Waals surface area contributed by atoms with Gasteiger partial charge >= 0.3 is 0 Å². The molecule has 0 atom stereocenters. The number of halogens is 1. The van der Waals surface area contributed by atoms with Crippen molar-refractivity contribution in [2.75, 3.05) is 12.4 Å². The summed E-state index contributed by atoms with van der Waals surface area (Å²) in [6.45, 7) is 0. The van der Waals surface area contributed by atoms with Gasteiger partial charge < -0.3 is 15.4 Å². The Hall–Kier alpha value is -1.75. The summed E-state index contributed by atoms with van der Waals surface area (Å²) in [5, 5.41) is 5.99. The van der Waals surface area contributed by atoms with E-state index < -0.39 is 0 Å². The highest BCUT2D eigenvalue weighted by Gasteiger charge is 2.17. The molecule has 0 radical (unpaired) electrons. The van der Waals surface area contributed by atoms with E-state index in [1.165, 1.54) is 13.5 Å². The van der Waals surface area contributed by atoms with Gasteiger partial charge in [-0.05, 0) is 31.0 Å². The van der Waals surface area contributed by atoms with Gasteiger partial charge in [0.15, 0.2) is 0 Å². The highest BCUT2D eigenvalue weighted by molar-refractivity contribution is 6.32. The fraction of sp³-hybridized carbons (Fsp3) is 0.500. The Morgan fingerprint density at radius 1 is 1.23 bits per heavy atom. The van der Waals surface area contributed by atoms with Crippen molar-refractivity contribution in [1.29, 1.82) is 0 Å². The van der Waals surface area contributed by atoms with Gasteiger partial charge in [-0.15, -0.1) is 0 Å². The first-order chi connectivity index (χ1) is 10.6. The quantitative estimate of drug-likeness (QED) is 0.818. The SMILES string of the molecule is COc1ccc(NC(=O)CC(=O)NC2CCCCC2)cc1Cl. The van der Waals surface area contributed by atoms with Gasteiger partial charge in [0.1, 0.15) is 12.2 Å². The molecule has 6 heteroatoms. The molecule has 0 heterocycles. The number of carbonyl (C=O) groups is 2. The zero-order chi connectivity index (χ0) is 15.9. The number of nitrogens with one attached hydrogen (secondary N) is 2. The van der Waals surface area contributed by atoms with Crippen LogP contribution in [0.2, 0.25) is 5.02 Å². The standard InChI is InChI=1S/C16H21ClN2O3/c1-22-14-8-7-12(9-13(14)17)19-16(21)10-15(20)18-11-5-3-2-4-6-11/h7-9,11H,2-6,10H2,1H3,(H,18,20)(H,19,21). The van der Waals surface area contributed by atoms with Crippen molar-refractivity contribution in [2.24, 2.45) is 0 Å². The van der Waals surface area contributed by atoms with Crippen molar-refractivity contribution in [1.82, 2.24) is 5.32 Å². The van der Waals surface area contributed by atoms with Crippen LogP contribution in [-0.2, 0) is 9.59 Å². The van der Waals surface area contributed by atoms with E-state index in [4.69, 9.17) is 16.3 Å². The number of benzene rings is 1. The summed E-state index contributed by atoms with van der Waals surface area (Å²) in [7, 11) is 1.52. The first kappa shape index (κ1) is 16.6. The normalized spacial score (nSPS) is 15.2. The zero-order valence-electron chi connectivity index (χ0n) is 12.7. The average Bonchev–Trinajstić information content (AvgIpc) is 2.48. The Kier molecular flexibility index (Phi) is 6.07. The minimum atomic E-state index is -0.352. The monoisotopic (exact) mass is 324 g/mol. The zero-order valence-corrected chi connectivity index (χ0v) is 13.4. The largest absolute Gasteiger partial charge is 0.495 e. The summed E-state index contributed by atoms with van der Waals surface area (Å²) in [5.74, 6) is -0.0479. The lowest BCUT2D eigenvalue weighted by molar-refractivity contribution is -0.127. The van der Waals surface area contributed by atoms with Gasteiger partial charge in [0.05, 0.1) is 12.1 Å². The number of anilines is 1. The van der Waals surface area contributed by atoms with Crippen LogP contribution in [0.15, 0.2) is 18.2 Å². The summed E-state index contributed by atoms with van der Waals surface area (Å²) < 4.78 is 5.05. The molecule has 0 bridgehead atoms. The molecule has 0 spiro atoms. The number of hydrogen-bond donors (Lipinski definition) is 2. The molecule has 0 aromatic heterocycles. The van der Waals surface area contributed by atoms with E-state index in [0.717, 1.165) is 25.7 Å². The number of carbonyl (C=O) groups excluding carboxylic acids is 2. The number of hydrogen-bond acceptors (Lipinski definition) is 3. The molecule has 2 N–H and O–H groups in total. The molecule has 5 nitrogen and oxygen atoms in total. The number of amides is 2. The van der Waals surface area contributed by atoms with Gasteiger partial charge in [0.2, 0.25) is 11.8 Å². The predicted molar refractivity (Wildman–Crippen MR) is 86.3 cm³/mol. The van der Waals surface area contributed by atoms with Gasteiger partial charge in [-0.25, -0.2) is 0 Å². The molecule has 2 amide bonds. The smallest absolute Gasteiger partial charge is 0.233 e. The minimum Gasteiger partial charge on any atom is -0.495 e. The Balaban J connectivity index is 1.81. The molecule has 120 valence electrons. The van der Waals surface area contributed by atoms with Gasteiger partial charge in [-0.1, -0.05) is 30.9 Å². The first-order valence-electron chi connectivity index (χ1n) is 7.51. The minimum absolute atomic E-state index is 0.180. The molecule has 0 unspecified atom stereocenters. The van der Waals surface area contributed by atoms with E-state index >= 15 is 0 Å². The number of ether oxygens (including phenoxy) is 1. The van der Waals surface area contributed by atoms with Crippen LogP contribution in [0.25, 0.3) is 0 Å². The summed E-state index contributed by atoms with van der Waals surface area (Å²) in [6.07, 6.45) is 5.33. The van der Waals surface area contributed by atoms with Gasteiger partial charge in [-0.2, -0.15) is 0 Å². The Labute approximate surface area is 135 Å². The first-order valence-corrected chi connectivity index (χ1v) is 7.89. The van der Waals surface area contributed by atoms with Crippen LogP contribution < -0.4 is 15.4 Å². The fourth-order valence-corrected chi connectivity index (χ4v) is 2.88. The second-order valence-electron chi connectivity index (χ2n) is 5.48. The van der Waals surface area contributed by atoms with E-state index in [0.29, 0.717) is 16.5 Å². The van der Waals surface area contributed by atoms with E-state index in [2.05, 4.69) is 10.6 Å². The molecule has 1 aliphatic carbocycles. The molecule has 2 rings (SSSR count). The maximum absolute atomic E-state index is 11.9. The lowest BCUT2D eigenvalue weighted by Crippen LogP contribution is -2.37. The molecule has 1 aromatic carbocycles. The Bertz CT molecular complexity index is 542. The fourth-order valence-electron chi connectivity index (χ4n) is 2.62. The highest BCUT2D eigenvalue weighted by Crippen LogP contribution is 2.27. The number of methoxy groups -OCH3 is 1. The second kappa shape index (κ2) is 8.03. The predicted octanol–water partition coefficient (Wildman–Crippen LogP) is 3.13. The van der Waals surface area contributed by atoms with Crippen LogP contribution in [-0.4, -0.2) is 25.0 Å². The molecule has 1 fully saturated rings. The summed E-state index contributed by atoms with van der Waals surface area (Å²) in [5.41, 5.74) is 0.543. The van der Waals surface area contributed by atoms with E-state index in [-0.39, 0.29) is 24.3 Å². The van der Waals surface area contributed by atoms with Crippen molar-refractivity contribution in [2.45, 2.75) is 44.6 Å². The molecular weight excluding hydrogens is 304 g/mol. The van der Waals surface area contributed by atoms with Gasteiger partial charge in [-0.3, -0.25) is 9.59 Å².